The minimum atomic E-state index is -3.58. The van der Waals surface area contributed by atoms with Crippen molar-refractivity contribution in [2.45, 2.75) is 49.5 Å². The lowest BCUT2D eigenvalue weighted by atomic mass is 10.2. The number of ether oxygens (including phenoxy) is 2. The number of fused-ring (bicyclic) bond motifs is 1. The molecule has 0 N–H and O–H groups in total. The van der Waals surface area contributed by atoms with Crippen molar-refractivity contribution >= 4 is 42.6 Å². The van der Waals surface area contributed by atoms with Crippen LogP contribution in [0.2, 0.25) is 0 Å². The fourth-order valence-electron chi connectivity index (χ4n) is 4.73. The van der Waals surface area contributed by atoms with Crippen molar-refractivity contribution in [1.82, 2.24) is 9.29 Å². The highest BCUT2D eigenvalue weighted by Crippen LogP contribution is 2.33. The number of hydrogen-bond donors (Lipinski definition) is 0. The lowest BCUT2D eigenvalue weighted by molar-refractivity contribution is 0.0917. The normalized spacial score (nSPS) is 19.3. The monoisotopic (exact) mass is 529 g/mol. The standard InChI is InChI=1S/C26H31N3O5S2/c1-33-20-10-13-24-23(17-20)27-26(35-24)29(18-21-7-6-16-34-21)25(30)19-8-11-22(12-9-19)36(31,32)28-14-4-2-3-5-15-28/h8-13,17,21H,2-7,14-16,18H2,1H3. The molecule has 0 bridgehead atoms. The molecule has 2 fully saturated rings. The van der Waals surface area contributed by atoms with Gasteiger partial charge in [0.15, 0.2) is 5.13 Å². The fourth-order valence-corrected chi connectivity index (χ4v) is 7.20. The SMILES string of the molecule is COc1ccc2sc(N(CC3CCCO3)C(=O)c3ccc(S(=O)(=O)N4CCCCCC4)cc3)nc2c1. The molecular formula is C26H31N3O5S2. The smallest absolute Gasteiger partial charge is 0.260 e. The van der Waals surface area contributed by atoms with Crippen LogP contribution in [0.5, 0.6) is 5.75 Å². The van der Waals surface area contributed by atoms with Crippen molar-refractivity contribution < 1.29 is 22.7 Å². The van der Waals surface area contributed by atoms with Crippen LogP contribution in [0.1, 0.15) is 48.9 Å². The Morgan fingerprint density at radius 2 is 1.86 bits per heavy atom. The van der Waals surface area contributed by atoms with Crippen LogP contribution >= 0.6 is 11.3 Å². The largest absolute Gasteiger partial charge is 0.497 e. The van der Waals surface area contributed by atoms with Gasteiger partial charge in [0, 0.05) is 31.3 Å². The lowest BCUT2D eigenvalue weighted by Crippen LogP contribution is -2.37. The Labute approximate surface area is 215 Å². The van der Waals surface area contributed by atoms with Crippen molar-refractivity contribution in [3.05, 3.63) is 48.0 Å². The zero-order valence-corrected chi connectivity index (χ0v) is 22.0. The number of hydrogen-bond acceptors (Lipinski definition) is 7. The van der Waals surface area contributed by atoms with Crippen LogP contribution in [0.4, 0.5) is 5.13 Å². The maximum Gasteiger partial charge on any atom is 0.260 e. The van der Waals surface area contributed by atoms with Crippen molar-refractivity contribution in [1.29, 1.82) is 0 Å². The highest BCUT2D eigenvalue weighted by Gasteiger charge is 2.29. The Morgan fingerprint density at radius 1 is 1.11 bits per heavy atom. The third-order valence-electron chi connectivity index (χ3n) is 6.77. The molecule has 36 heavy (non-hydrogen) atoms. The molecule has 8 nitrogen and oxygen atoms in total. The Morgan fingerprint density at radius 3 is 2.53 bits per heavy atom. The van der Waals surface area contributed by atoms with Crippen LogP contribution in [-0.4, -0.2) is 63.1 Å². The number of aromatic nitrogens is 1. The summed E-state index contributed by atoms with van der Waals surface area (Å²) in [6.45, 7) is 2.16. The molecule has 2 aliphatic heterocycles. The molecule has 192 valence electrons. The summed E-state index contributed by atoms with van der Waals surface area (Å²) in [5.41, 5.74) is 1.18. The maximum absolute atomic E-state index is 13.7. The Kier molecular flexibility index (Phi) is 7.57. The highest BCUT2D eigenvalue weighted by molar-refractivity contribution is 7.89. The van der Waals surface area contributed by atoms with Crippen molar-refractivity contribution in [3.8, 4) is 5.75 Å². The number of methoxy groups -OCH3 is 1. The number of thiazole rings is 1. The molecule has 10 heteroatoms. The molecular weight excluding hydrogens is 498 g/mol. The van der Waals surface area contributed by atoms with E-state index < -0.39 is 10.0 Å². The molecule has 1 atom stereocenters. The van der Waals surface area contributed by atoms with Crippen LogP contribution in [0.25, 0.3) is 10.2 Å². The third-order valence-corrected chi connectivity index (χ3v) is 9.75. The van der Waals surface area contributed by atoms with Crippen LogP contribution in [-0.2, 0) is 14.8 Å². The molecule has 0 spiro atoms. The summed E-state index contributed by atoms with van der Waals surface area (Å²) in [5.74, 6) is 0.479. The topological polar surface area (TPSA) is 89.0 Å². The first-order chi connectivity index (χ1) is 17.5. The lowest BCUT2D eigenvalue weighted by Gasteiger charge is -2.23. The van der Waals surface area contributed by atoms with Gasteiger partial charge >= 0.3 is 0 Å². The summed E-state index contributed by atoms with van der Waals surface area (Å²) in [6, 6.07) is 12.0. The number of amides is 1. The van der Waals surface area contributed by atoms with Crippen molar-refractivity contribution in [2.75, 3.05) is 38.3 Å². The van der Waals surface area contributed by atoms with Gasteiger partial charge in [-0.2, -0.15) is 4.31 Å². The number of benzene rings is 2. The van der Waals surface area contributed by atoms with Crippen LogP contribution in [0.15, 0.2) is 47.4 Å². The number of sulfonamides is 1. The van der Waals surface area contributed by atoms with Crippen LogP contribution < -0.4 is 9.64 Å². The van der Waals surface area contributed by atoms with Gasteiger partial charge in [-0.15, -0.1) is 0 Å². The van der Waals surface area contributed by atoms with E-state index in [1.165, 1.54) is 11.3 Å². The zero-order chi connectivity index (χ0) is 25.1. The number of carbonyl (C=O) groups is 1. The molecule has 3 heterocycles. The number of carbonyl (C=O) groups excluding carboxylic acids is 1. The van der Waals surface area contributed by atoms with Gasteiger partial charge in [0.1, 0.15) is 5.75 Å². The maximum atomic E-state index is 13.7. The van der Waals surface area contributed by atoms with E-state index in [0.717, 1.165) is 48.7 Å². The minimum absolute atomic E-state index is 0.0572. The summed E-state index contributed by atoms with van der Waals surface area (Å²) >= 11 is 1.44. The Bertz CT molecular complexity index is 1310. The molecule has 2 aliphatic rings. The Hall–Kier alpha value is -2.53. The quantitative estimate of drug-likeness (QED) is 0.441. The third kappa shape index (κ3) is 5.27. The van der Waals surface area contributed by atoms with Gasteiger partial charge in [-0.05, 0) is 62.1 Å². The summed E-state index contributed by atoms with van der Waals surface area (Å²) < 4.78 is 40.0. The Balaban J connectivity index is 1.42. The molecule has 1 aromatic heterocycles. The minimum Gasteiger partial charge on any atom is -0.497 e. The number of anilines is 1. The van der Waals surface area contributed by atoms with Crippen molar-refractivity contribution in [3.63, 3.8) is 0 Å². The summed E-state index contributed by atoms with van der Waals surface area (Å²) in [6.07, 6.45) is 5.65. The fraction of sp³-hybridized carbons (Fsp3) is 0.462. The van der Waals surface area contributed by atoms with Gasteiger partial charge in [-0.3, -0.25) is 9.69 Å². The van der Waals surface area contributed by atoms with Crippen molar-refractivity contribution in [2.24, 2.45) is 0 Å². The molecule has 1 unspecified atom stereocenters. The molecule has 0 radical (unpaired) electrons. The van der Waals surface area contributed by atoms with Gasteiger partial charge in [0.05, 0.1) is 34.9 Å². The van der Waals surface area contributed by atoms with E-state index in [1.54, 1.807) is 40.6 Å². The second-order valence-corrected chi connectivity index (χ2v) is 12.2. The predicted molar refractivity (Wildman–Crippen MR) is 140 cm³/mol. The highest BCUT2D eigenvalue weighted by atomic mass is 32.2. The molecule has 2 saturated heterocycles. The van der Waals surface area contributed by atoms with E-state index in [9.17, 15) is 13.2 Å². The summed E-state index contributed by atoms with van der Waals surface area (Å²) in [5, 5.41) is 0.583. The molecule has 0 aliphatic carbocycles. The van der Waals surface area contributed by atoms with E-state index in [1.807, 2.05) is 18.2 Å². The molecule has 1 amide bonds. The van der Waals surface area contributed by atoms with Crippen LogP contribution in [0.3, 0.4) is 0 Å². The van der Waals surface area contributed by atoms with E-state index in [4.69, 9.17) is 14.5 Å². The van der Waals surface area contributed by atoms with E-state index in [0.29, 0.717) is 42.7 Å². The predicted octanol–water partition coefficient (Wildman–Crippen LogP) is 4.70. The second-order valence-electron chi connectivity index (χ2n) is 9.22. The van der Waals surface area contributed by atoms with Crippen LogP contribution in [0, 0.1) is 0 Å². The molecule has 3 aromatic rings. The van der Waals surface area contributed by atoms with E-state index in [2.05, 4.69) is 0 Å². The average molecular weight is 530 g/mol. The van der Waals surface area contributed by atoms with E-state index in [-0.39, 0.29) is 16.9 Å². The van der Waals surface area contributed by atoms with E-state index >= 15 is 0 Å². The first-order valence-corrected chi connectivity index (χ1v) is 14.7. The first-order valence-electron chi connectivity index (χ1n) is 12.4. The van der Waals surface area contributed by atoms with Gasteiger partial charge in [-0.1, -0.05) is 24.2 Å². The average Bonchev–Trinajstić information content (AvgIpc) is 3.48. The molecule has 2 aromatic carbocycles. The number of rotatable bonds is 7. The second kappa shape index (κ2) is 10.8. The van der Waals surface area contributed by atoms with Gasteiger partial charge < -0.3 is 9.47 Å². The summed E-state index contributed by atoms with van der Waals surface area (Å²) in [4.78, 5) is 20.3. The molecule has 0 saturated carbocycles. The zero-order valence-electron chi connectivity index (χ0n) is 20.4. The molecule has 5 rings (SSSR count). The first kappa shape index (κ1) is 25.1. The van der Waals surface area contributed by atoms with Gasteiger partial charge in [0.25, 0.3) is 5.91 Å². The summed E-state index contributed by atoms with van der Waals surface area (Å²) in [7, 11) is -1.97. The number of nitrogens with zero attached hydrogens (tertiary/aromatic N) is 3. The van der Waals surface area contributed by atoms with Gasteiger partial charge in [0.2, 0.25) is 10.0 Å². The van der Waals surface area contributed by atoms with Gasteiger partial charge in [-0.25, -0.2) is 13.4 Å².